The van der Waals surface area contributed by atoms with Gasteiger partial charge in [-0.2, -0.15) is 0 Å². The predicted molar refractivity (Wildman–Crippen MR) is 79.0 cm³/mol. The molecule has 110 valence electrons. The van der Waals surface area contributed by atoms with Crippen molar-refractivity contribution in [2.75, 3.05) is 18.0 Å². The number of nitro benzene ring substituents is 1. The summed E-state index contributed by atoms with van der Waals surface area (Å²) >= 11 is 0. The van der Waals surface area contributed by atoms with Gasteiger partial charge in [-0.3, -0.25) is 10.1 Å². The second kappa shape index (κ2) is 5.40. The number of rotatable bonds is 3. The molecule has 1 aliphatic rings. The standard InChI is InChI=1S/C15H22N2O3/c1-11(18)12-4-5-13(14(10-12)17(19)20)16-8-6-15(2,3)7-9-16/h4-5,10-11,18H,6-9H2,1-3H3/t11-/m1/s1. The molecule has 0 saturated carbocycles. The molecule has 5 nitrogen and oxygen atoms in total. The summed E-state index contributed by atoms with van der Waals surface area (Å²) in [4.78, 5) is 13.0. The quantitative estimate of drug-likeness (QED) is 0.680. The molecule has 1 N–H and O–H groups in total. The summed E-state index contributed by atoms with van der Waals surface area (Å²) in [7, 11) is 0. The van der Waals surface area contributed by atoms with Crippen LogP contribution in [0.15, 0.2) is 18.2 Å². The normalized spacial score (nSPS) is 19.7. The molecule has 1 heterocycles. The van der Waals surface area contributed by atoms with Crippen LogP contribution in [-0.2, 0) is 0 Å². The third kappa shape index (κ3) is 3.10. The van der Waals surface area contributed by atoms with E-state index < -0.39 is 6.10 Å². The molecule has 0 aromatic heterocycles. The monoisotopic (exact) mass is 278 g/mol. The van der Waals surface area contributed by atoms with E-state index in [0.29, 0.717) is 16.7 Å². The summed E-state index contributed by atoms with van der Waals surface area (Å²) in [5, 5.41) is 20.8. The summed E-state index contributed by atoms with van der Waals surface area (Å²) in [5.41, 5.74) is 1.64. The smallest absolute Gasteiger partial charge is 0.292 e. The van der Waals surface area contributed by atoms with Gasteiger partial charge in [-0.05, 0) is 36.8 Å². The van der Waals surface area contributed by atoms with Gasteiger partial charge in [0.1, 0.15) is 5.69 Å². The lowest BCUT2D eigenvalue weighted by Gasteiger charge is -2.38. The third-order valence-corrected chi connectivity index (χ3v) is 4.14. The molecular weight excluding hydrogens is 256 g/mol. The summed E-state index contributed by atoms with van der Waals surface area (Å²) < 4.78 is 0. The van der Waals surface area contributed by atoms with Crippen LogP contribution < -0.4 is 4.90 Å². The van der Waals surface area contributed by atoms with Gasteiger partial charge in [0, 0.05) is 19.2 Å². The zero-order chi connectivity index (χ0) is 14.9. The number of hydrogen-bond donors (Lipinski definition) is 1. The topological polar surface area (TPSA) is 66.6 Å². The fourth-order valence-electron chi connectivity index (χ4n) is 2.57. The Morgan fingerprint density at radius 2 is 1.95 bits per heavy atom. The van der Waals surface area contributed by atoms with Crippen LogP contribution in [0.3, 0.4) is 0 Å². The Hall–Kier alpha value is -1.62. The lowest BCUT2D eigenvalue weighted by molar-refractivity contribution is -0.384. The van der Waals surface area contributed by atoms with E-state index in [1.165, 1.54) is 6.07 Å². The van der Waals surface area contributed by atoms with E-state index in [-0.39, 0.29) is 10.6 Å². The van der Waals surface area contributed by atoms with Gasteiger partial charge in [0.15, 0.2) is 0 Å². The number of nitro groups is 1. The molecule has 2 rings (SSSR count). The molecule has 1 aliphatic heterocycles. The number of anilines is 1. The Morgan fingerprint density at radius 3 is 2.45 bits per heavy atom. The Kier molecular flexibility index (Phi) is 3.99. The maximum atomic E-state index is 11.3. The highest BCUT2D eigenvalue weighted by Crippen LogP contribution is 2.36. The number of aliphatic hydroxyl groups excluding tert-OH is 1. The van der Waals surface area contributed by atoms with Crippen molar-refractivity contribution in [3.05, 3.63) is 33.9 Å². The van der Waals surface area contributed by atoms with Crippen molar-refractivity contribution in [3.8, 4) is 0 Å². The molecular formula is C15H22N2O3. The van der Waals surface area contributed by atoms with Crippen molar-refractivity contribution < 1.29 is 10.0 Å². The van der Waals surface area contributed by atoms with E-state index in [0.717, 1.165) is 25.9 Å². The van der Waals surface area contributed by atoms with Crippen molar-refractivity contribution in [1.82, 2.24) is 0 Å². The number of hydrogen-bond acceptors (Lipinski definition) is 4. The van der Waals surface area contributed by atoms with Crippen molar-refractivity contribution in [2.45, 2.75) is 39.7 Å². The van der Waals surface area contributed by atoms with Crippen LogP contribution in [0.5, 0.6) is 0 Å². The molecule has 0 amide bonds. The van der Waals surface area contributed by atoms with Crippen LogP contribution in [0.25, 0.3) is 0 Å². The average Bonchev–Trinajstić information content (AvgIpc) is 2.38. The van der Waals surface area contributed by atoms with Crippen LogP contribution in [-0.4, -0.2) is 23.1 Å². The molecule has 1 aromatic carbocycles. The van der Waals surface area contributed by atoms with Gasteiger partial charge >= 0.3 is 0 Å². The van der Waals surface area contributed by atoms with E-state index in [4.69, 9.17) is 0 Å². The maximum absolute atomic E-state index is 11.3. The van der Waals surface area contributed by atoms with E-state index in [1.807, 2.05) is 0 Å². The number of benzene rings is 1. The molecule has 20 heavy (non-hydrogen) atoms. The highest BCUT2D eigenvalue weighted by atomic mass is 16.6. The van der Waals surface area contributed by atoms with E-state index in [2.05, 4.69) is 18.7 Å². The van der Waals surface area contributed by atoms with Crippen LogP contribution in [0, 0.1) is 15.5 Å². The number of piperidine rings is 1. The summed E-state index contributed by atoms with van der Waals surface area (Å²) in [6, 6.07) is 5.02. The van der Waals surface area contributed by atoms with Crippen molar-refractivity contribution in [2.24, 2.45) is 5.41 Å². The molecule has 0 spiro atoms. The molecule has 0 radical (unpaired) electrons. The summed E-state index contributed by atoms with van der Waals surface area (Å²) in [6.45, 7) is 7.75. The fourth-order valence-corrected chi connectivity index (χ4v) is 2.57. The van der Waals surface area contributed by atoms with Gasteiger partial charge in [-0.25, -0.2) is 0 Å². The van der Waals surface area contributed by atoms with Gasteiger partial charge < -0.3 is 10.0 Å². The SMILES string of the molecule is C[C@@H](O)c1ccc(N2CCC(C)(C)CC2)c([N+](=O)[O-])c1. The molecule has 0 unspecified atom stereocenters. The fraction of sp³-hybridized carbons (Fsp3) is 0.600. The van der Waals surface area contributed by atoms with Gasteiger partial charge in [-0.1, -0.05) is 19.9 Å². The van der Waals surface area contributed by atoms with E-state index >= 15 is 0 Å². The molecule has 1 saturated heterocycles. The minimum Gasteiger partial charge on any atom is -0.389 e. The van der Waals surface area contributed by atoms with Crippen LogP contribution in [0.4, 0.5) is 11.4 Å². The average molecular weight is 278 g/mol. The lowest BCUT2D eigenvalue weighted by atomic mass is 9.82. The molecule has 1 aromatic rings. The van der Waals surface area contributed by atoms with E-state index in [1.54, 1.807) is 19.1 Å². The largest absolute Gasteiger partial charge is 0.389 e. The molecule has 1 fully saturated rings. The van der Waals surface area contributed by atoms with Crippen LogP contribution in [0.1, 0.15) is 45.3 Å². The number of nitrogens with zero attached hydrogens (tertiary/aromatic N) is 2. The van der Waals surface area contributed by atoms with Gasteiger partial charge in [-0.15, -0.1) is 0 Å². The minimum absolute atomic E-state index is 0.0862. The second-order valence-corrected chi connectivity index (χ2v) is 6.33. The highest BCUT2D eigenvalue weighted by Gasteiger charge is 2.29. The van der Waals surface area contributed by atoms with Crippen LogP contribution >= 0.6 is 0 Å². The van der Waals surface area contributed by atoms with E-state index in [9.17, 15) is 15.2 Å². The van der Waals surface area contributed by atoms with Crippen molar-refractivity contribution >= 4 is 11.4 Å². The highest BCUT2D eigenvalue weighted by molar-refractivity contribution is 5.64. The Balaban J connectivity index is 2.30. The first-order chi connectivity index (χ1) is 9.30. The maximum Gasteiger partial charge on any atom is 0.292 e. The first kappa shape index (κ1) is 14.8. The van der Waals surface area contributed by atoms with Crippen molar-refractivity contribution in [1.29, 1.82) is 0 Å². The van der Waals surface area contributed by atoms with Gasteiger partial charge in [0.25, 0.3) is 5.69 Å². The molecule has 0 bridgehead atoms. The van der Waals surface area contributed by atoms with Crippen molar-refractivity contribution in [3.63, 3.8) is 0 Å². The molecule has 1 atom stereocenters. The Labute approximate surface area is 119 Å². The predicted octanol–water partition coefficient (Wildman–Crippen LogP) is 3.27. The molecule has 0 aliphatic carbocycles. The lowest BCUT2D eigenvalue weighted by Crippen LogP contribution is -2.37. The zero-order valence-electron chi connectivity index (χ0n) is 12.3. The van der Waals surface area contributed by atoms with Gasteiger partial charge in [0.05, 0.1) is 11.0 Å². The summed E-state index contributed by atoms with van der Waals surface area (Å²) in [5.74, 6) is 0. The Morgan fingerprint density at radius 1 is 1.35 bits per heavy atom. The zero-order valence-corrected chi connectivity index (χ0v) is 12.3. The minimum atomic E-state index is -0.692. The number of aliphatic hydroxyl groups is 1. The van der Waals surface area contributed by atoms with Crippen LogP contribution in [0.2, 0.25) is 0 Å². The Bertz CT molecular complexity index is 502. The van der Waals surface area contributed by atoms with Gasteiger partial charge in [0.2, 0.25) is 0 Å². The first-order valence-corrected chi connectivity index (χ1v) is 7.01. The molecule has 5 heteroatoms. The first-order valence-electron chi connectivity index (χ1n) is 7.01. The second-order valence-electron chi connectivity index (χ2n) is 6.33. The summed E-state index contributed by atoms with van der Waals surface area (Å²) in [6.07, 6.45) is 1.37. The third-order valence-electron chi connectivity index (χ3n) is 4.14.